The third-order valence-corrected chi connectivity index (χ3v) is 4.62. The van der Waals surface area contributed by atoms with Crippen LogP contribution in [0, 0.1) is 11.3 Å². The summed E-state index contributed by atoms with van der Waals surface area (Å²) in [6.07, 6.45) is 1.66. The van der Waals surface area contributed by atoms with E-state index in [4.69, 9.17) is 4.74 Å². The molecular weight excluding hydrogens is 322 g/mol. The number of hydrogen-bond donors (Lipinski definition) is 0. The molecule has 0 saturated carbocycles. The number of nitrogens with zero attached hydrogens (tertiary/aromatic N) is 5. The highest BCUT2D eigenvalue weighted by Crippen LogP contribution is 2.19. The first-order valence-electron chi connectivity index (χ1n) is 8.35. The molecule has 0 radical (unpaired) electrons. The van der Waals surface area contributed by atoms with Gasteiger partial charge in [-0.05, 0) is 12.1 Å². The van der Waals surface area contributed by atoms with Gasteiger partial charge in [0, 0.05) is 45.8 Å². The van der Waals surface area contributed by atoms with Gasteiger partial charge in [0.25, 0.3) is 0 Å². The molecule has 1 aromatic heterocycles. The lowest BCUT2D eigenvalue weighted by Crippen LogP contribution is -2.59. The molecule has 0 bridgehead atoms. The third kappa shape index (κ3) is 3.56. The first-order valence-corrected chi connectivity index (χ1v) is 8.35. The molecule has 132 valence electrons. The van der Waals surface area contributed by atoms with Gasteiger partial charge in [0.2, 0.25) is 11.8 Å². The van der Waals surface area contributed by atoms with E-state index in [2.05, 4.69) is 11.1 Å². The molecular formula is C17H21N5O3. The molecule has 2 saturated heterocycles. The number of piperazine rings is 1. The summed E-state index contributed by atoms with van der Waals surface area (Å²) < 4.78 is 5.40. The molecule has 2 aliphatic heterocycles. The first kappa shape index (κ1) is 17.2. The monoisotopic (exact) mass is 343 g/mol. The molecule has 2 aliphatic rings. The molecule has 0 N–H and O–H groups in total. The minimum Gasteiger partial charge on any atom is -0.377 e. The fourth-order valence-electron chi connectivity index (χ4n) is 3.27. The first-order chi connectivity index (χ1) is 12.1. The number of hydrogen-bond acceptors (Lipinski definition) is 6. The topological polar surface area (TPSA) is 89.8 Å². The highest BCUT2D eigenvalue weighted by molar-refractivity contribution is 5.87. The van der Waals surface area contributed by atoms with Gasteiger partial charge in [-0.15, -0.1) is 0 Å². The molecule has 8 heteroatoms. The smallest absolute Gasteiger partial charge is 0.247 e. The summed E-state index contributed by atoms with van der Waals surface area (Å²) >= 11 is 0. The summed E-state index contributed by atoms with van der Waals surface area (Å²) in [6, 6.07) is 5.09. The number of amides is 2. The van der Waals surface area contributed by atoms with Crippen LogP contribution in [0.3, 0.4) is 0 Å². The van der Waals surface area contributed by atoms with Crippen molar-refractivity contribution >= 4 is 17.6 Å². The van der Waals surface area contributed by atoms with Crippen LogP contribution in [0.25, 0.3) is 0 Å². The molecule has 1 aromatic rings. The van der Waals surface area contributed by atoms with E-state index < -0.39 is 6.04 Å². The number of aromatic nitrogens is 1. The van der Waals surface area contributed by atoms with Gasteiger partial charge in [-0.3, -0.25) is 9.59 Å². The van der Waals surface area contributed by atoms with E-state index in [1.54, 1.807) is 28.1 Å². The maximum atomic E-state index is 12.8. The van der Waals surface area contributed by atoms with Gasteiger partial charge in [0.1, 0.15) is 17.9 Å². The summed E-state index contributed by atoms with van der Waals surface area (Å²) in [6.45, 7) is 4.91. The van der Waals surface area contributed by atoms with Crippen molar-refractivity contribution in [2.45, 2.75) is 13.0 Å². The molecule has 1 unspecified atom stereocenters. The largest absolute Gasteiger partial charge is 0.377 e. The lowest BCUT2D eigenvalue weighted by Gasteiger charge is -2.40. The average Bonchev–Trinajstić information content (AvgIpc) is 2.67. The number of ether oxygens (including phenoxy) is 1. The molecule has 0 aliphatic carbocycles. The Morgan fingerprint density at radius 1 is 1.28 bits per heavy atom. The van der Waals surface area contributed by atoms with Crippen LogP contribution >= 0.6 is 0 Å². The Bertz CT molecular complexity index is 694. The number of anilines is 1. The van der Waals surface area contributed by atoms with E-state index in [0.717, 1.165) is 0 Å². The minimum absolute atomic E-state index is 0.0731. The zero-order valence-electron chi connectivity index (χ0n) is 14.2. The average molecular weight is 343 g/mol. The van der Waals surface area contributed by atoms with Crippen molar-refractivity contribution in [1.29, 1.82) is 5.26 Å². The van der Waals surface area contributed by atoms with Gasteiger partial charge < -0.3 is 19.4 Å². The molecule has 1 atom stereocenters. The van der Waals surface area contributed by atoms with Crippen molar-refractivity contribution in [3.05, 3.63) is 23.9 Å². The van der Waals surface area contributed by atoms with Crippen LogP contribution in [0.4, 0.5) is 5.82 Å². The van der Waals surface area contributed by atoms with Gasteiger partial charge in [-0.25, -0.2) is 4.98 Å². The molecule has 2 amide bonds. The minimum atomic E-state index is -0.540. The molecule has 3 rings (SSSR count). The number of rotatable bonds is 2. The maximum absolute atomic E-state index is 12.8. The van der Waals surface area contributed by atoms with Gasteiger partial charge >= 0.3 is 0 Å². The second-order valence-electron chi connectivity index (χ2n) is 6.10. The quantitative estimate of drug-likeness (QED) is 0.742. The Morgan fingerprint density at radius 2 is 2.04 bits per heavy atom. The summed E-state index contributed by atoms with van der Waals surface area (Å²) in [4.78, 5) is 34.2. The van der Waals surface area contributed by atoms with Crippen LogP contribution in [-0.2, 0) is 14.3 Å². The zero-order chi connectivity index (χ0) is 17.8. The standard InChI is InChI=1S/C17H21N5O3/c1-13(23)22-9-10-25-12-15(22)17(24)21-7-5-20(6-8-21)16-14(11-18)3-2-4-19-16/h2-4,15H,5-10,12H2,1H3. The van der Waals surface area contributed by atoms with Gasteiger partial charge in [0.15, 0.2) is 0 Å². The van der Waals surface area contributed by atoms with Crippen molar-refractivity contribution in [3.63, 3.8) is 0 Å². The summed E-state index contributed by atoms with van der Waals surface area (Å²) in [5.41, 5.74) is 0.533. The Balaban J connectivity index is 1.65. The number of morpholine rings is 1. The van der Waals surface area contributed by atoms with E-state index in [0.29, 0.717) is 50.7 Å². The molecule has 0 aromatic carbocycles. The summed E-state index contributed by atoms with van der Waals surface area (Å²) in [7, 11) is 0. The highest BCUT2D eigenvalue weighted by atomic mass is 16.5. The molecule has 25 heavy (non-hydrogen) atoms. The fraction of sp³-hybridized carbons (Fsp3) is 0.529. The zero-order valence-corrected chi connectivity index (χ0v) is 14.2. The van der Waals surface area contributed by atoms with Gasteiger partial charge in [0.05, 0.1) is 18.8 Å². The lowest BCUT2D eigenvalue weighted by atomic mass is 10.1. The van der Waals surface area contributed by atoms with E-state index in [9.17, 15) is 14.9 Å². The fourth-order valence-corrected chi connectivity index (χ4v) is 3.27. The number of carbonyl (C=O) groups is 2. The van der Waals surface area contributed by atoms with E-state index in [-0.39, 0.29) is 18.4 Å². The SMILES string of the molecule is CC(=O)N1CCOCC1C(=O)N1CCN(c2ncccc2C#N)CC1. The maximum Gasteiger partial charge on any atom is 0.247 e. The van der Waals surface area contributed by atoms with Crippen LogP contribution in [0.15, 0.2) is 18.3 Å². The second-order valence-corrected chi connectivity index (χ2v) is 6.10. The Morgan fingerprint density at radius 3 is 2.72 bits per heavy atom. The Labute approximate surface area is 146 Å². The lowest BCUT2D eigenvalue weighted by molar-refractivity contribution is -0.153. The Kier molecular flexibility index (Phi) is 5.14. The molecule has 3 heterocycles. The molecule has 2 fully saturated rings. The van der Waals surface area contributed by atoms with Crippen molar-refractivity contribution in [2.75, 3.05) is 50.8 Å². The predicted molar refractivity (Wildman–Crippen MR) is 89.7 cm³/mol. The summed E-state index contributed by atoms with van der Waals surface area (Å²) in [5.74, 6) is 0.479. The van der Waals surface area contributed by atoms with Crippen LogP contribution in [0.2, 0.25) is 0 Å². The van der Waals surface area contributed by atoms with Gasteiger partial charge in [-0.1, -0.05) is 0 Å². The van der Waals surface area contributed by atoms with Crippen molar-refractivity contribution < 1.29 is 14.3 Å². The molecule has 0 spiro atoms. The van der Waals surface area contributed by atoms with E-state index >= 15 is 0 Å². The predicted octanol–water partition coefficient (Wildman–Crippen LogP) is -0.151. The summed E-state index contributed by atoms with van der Waals surface area (Å²) in [5, 5.41) is 9.21. The van der Waals surface area contributed by atoms with Crippen LogP contribution in [0.5, 0.6) is 0 Å². The Hall–Kier alpha value is -2.66. The number of carbonyl (C=O) groups excluding carboxylic acids is 2. The van der Waals surface area contributed by atoms with Crippen molar-refractivity contribution in [1.82, 2.24) is 14.8 Å². The van der Waals surface area contributed by atoms with Crippen LogP contribution in [-0.4, -0.2) is 78.6 Å². The normalized spacial score (nSPS) is 21.0. The van der Waals surface area contributed by atoms with Gasteiger partial charge in [-0.2, -0.15) is 5.26 Å². The number of pyridine rings is 1. The van der Waals surface area contributed by atoms with E-state index in [1.807, 2.05) is 4.90 Å². The van der Waals surface area contributed by atoms with Crippen molar-refractivity contribution in [2.24, 2.45) is 0 Å². The second kappa shape index (κ2) is 7.49. The van der Waals surface area contributed by atoms with Crippen LogP contribution < -0.4 is 4.90 Å². The molecule has 8 nitrogen and oxygen atoms in total. The van der Waals surface area contributed by atoms with Crippen LogP contribution in [0.1, 0.15) is 12.5 Å². The third-order valence-electron chi connectivity index (χ3n) is 4.62. The van der Waals surface area contributed by atoms with E-state index in [1.165, 1.54) is 6.92 Å². The van der Waals surface area contributed by atoms with Crippen molar-refractivity contribution in [3.8, 4) is 6.07 Å². The number of nitriles is 1. The highest BCUT2D eigenvalue weighted by Gasteiger charge is 2.35.